The van der Waals surface area contributed by atoms with E-state index in [1.807, 2.05) is 45.0 Å². The maximum Gasteiger partial charge on any atom is 0.264 e. The summed E-state index contributed by atoms with van der Waals surface area (Å²) in [5.74, 6) is 1.71. The van der Waals surface area contributed by atoms with Crippen LogP contribution >= 0.6 is 0 Å². The number of anilines is 1. The Morgan fingerprint density at radius 2 is 1.73 bits per heavy atom. The molecule has 1 aliphatic carbocycles. The molecule has 2 aliphatic rings. The van der Waals surface area contributed by atoms with Gasteiger partial charge in [0, 0.05) is 22.7 Å². The third kappa shape index (κ3) is 9.09. The molecular formula is C42H54N4O4S. The fourth-order valence-electron chi connectivity index (χ4n) is 7.90. The van der Waals surface area contributed by atoms with Gasteiger partial charge in [-0.05, 0) is 105 Å². The van der Waals surface area contributed by atoms with Crippen molar-refractivity contribution in [3.8, 4) is 22.9 Å². The van der Waals surface area contributed by atoms with Gasteiger partial charge in [0.05, 0.1) is 29.5 Å². The number of hydrogen-bond donors (Lipinski definition) is 1. The lowest BCUT2D eigenvalue weighted by molar-refractivity contribution is 0.165. The Balaban J connectivity index is 1.45. The summed E-state index contributed by atoms with van der Waals surface area (Å²) in [5, 5.41) is 0. The van der Waals surface area contributed by atoms with Crippen LogP contribution in [0.25, 0.3) is 11.3 Å². The second-order valence-corrected chi connectivity index (χ2v) is 17.8. The van der Waals surface area contributed by atoms with Gasteiger partial charge in [0.25, 0.3) is 10.0 Å². The summed E-state index contributed by atoms with van der Waals surface area (Å²) in [7, 11) is -4.03. The van der Waals surface area contributed by atoms with Crippen LogP contribution in [-0.2, 0) is 22.9 Å². The van der Waals surface area contributed by atoms with Crippen molar-refractivity contribution in [1.29, 1.82) is 0 Å². The number of nitrogens with zero attached hydrogens (tertiary/aromatic N) is 3. The van der Waals surface area contributed by atoms with Crippen LogP contribution < -0.4 is 14.2 Å². The predicted molar refractivity (Wildman–Crippen MR) is 204 cm³/mol. The first kappa shape index (κ1) is 36.8. The van der Waals surface area contributed by atoms with Gasteiger partial charge < -0.3 is 9.47 Å². The highest BCUT2D eigenvalue weighted by atomic mass is 32.2. The smallest absolute Gasteiger partial charge is 0.264 e. The fourth-order valence-corrected chi connectivity index (χ4v) is 8.90. The third-order valence-corrected chi connectivity index (χ3v) is 11.6. The van der Waals surface area contributed by atoms with Gasteiger partial charge in [-0.3, -0.25) is 4.98 Å². The predicted octanol–water partition coefficient (Wildman–Crippen LogP) is 9.64. The standard InChI is InChI=1S/C42H54N4O4S/c1-27(2)50-35-20-19-34(43-25-35)23-37-31-16-12-18-36(22-31)51(47,48)46-41-44-39(29(4)40(45-41)49-26-33(37)24-42(5,6)7)38-28(3)13-11-17-32(38)21-30-14-9-8-10-15-30/h11-13,16-20,22,25,27,30,33,37H,8-10,14-15,21,23-24,26H2,1-7H3,(H,44,45,46)/t33-,37?/m1/s1. The second-order valence-electron chi connectivity index (χ2n) is 16.1. The molecule has 0 spiro atoms. The summed E-state index contributed by atoms with van der Waals surface area (Å²) in [4.78, 5) is 14.6. The number of fused-ring (bicyclic) bond motifs is 4. The molecule has 1 saturated carbocycles. The van der Waals surface area contributed by atoms with Gasteiger partial charge in [-0.15, -0.1) is 0 Å². The number of pyridine rings is 1. The van der Waals surface area contributed by atoms with Crippen LogP contribution in [0.5, 0.6) is 11.6 Å². The zero-order chi connectivity index (χ0) is 36.3. The SMILES string of the molecule is Cc1cccc(CC2CCCCC2)c1-c1nc2nc(c1C)OC[C@@H](CC(C)(C)C)C(Cc1ccc(OC(C)C)cn1)c1cccc(c1)S(=O)(=O)N2. The maximum absolute atomic E-state index is 14.1. The molecular weight excluding hydrogens is 657 g/mol. The summed E-state index contributed by atoms with van der Waals surface area (Å²) < 4.78 is 43.4. The third-order valence-electron chi connectivity index (χ3n) is 10.2. The van der Waals surface area contributed by atoms with E-state index in [1.165, 1.54) is 37.7 Å². The second kappa shape index (κ2) is 15.3. The topological polar surface area (TPSA) is 103 Å². The molecule has 51 heavy (non-hydrogen) atoms. The molecule has 9 heteroatoms. The Hall–Kier alpha value is -3.98. The lowest BCUT2D eigenvalue weighted by Crippen LogP contribution is -2.28. The van der Waals surface area contributed by atoms with E-state index in [-0.39, 0.29) is 34.2 Å². The van der Waals surface area contributed by atoms with Gasteiger partial charge in [0.2, 0.25) is 11.8 Å². The molecule has 2 atom stereocenters. The number of nitrogens with one attached hydrogen (secondary N) is 1. The van der Waals surface area contributed by atoms with E-state index in [0.717, 1.165) is 46.5 Å². The van der Waals surface area contributed by atoms with E-state index in [0.29, 0.717) is 30.5 Å². The molecule has 0 saturated heterocycles. The van der Waals surface area contributed by atoms with Crippen molar-refractivity contribution >= 4 is 16.0 Å². The summed E-state index contributed by atoms with van der Waals surface area (Å²) in [6.07, 6.45) is 10.6. The zero-order valence-corrected chi connectivity index (χ0v) is 32.1. The van der Waals surface area contributed by atoms with Gasteiger partial charge in [-0.1, -0.05) is 83.2 Å². The van der Waals surface area contributed by atoms with Gasteiger partial charge in [0.15, 0.2) is 0 Å². The molecule has 272 valence electrons. The summed E-state index contributed by atoms with van der Waals surface area (Å²) in [5.41, 5.74) is 6.70. The molecule has 4 bridgehead atoms. The molecule has 1 fully saturated rings. The van der Waals surface area contributed by atoms with Crippen LogP contribution in [0.1, 0.15) is 107 Å². The molecule has 2 aromatic carbocycles. The number of aryl methyl sites for hydroxylation is 1. The lowest BCUT2D eigenvalue weighted by atomic mass is 9.74. The molecule has 2 aromatic heterocycles. The average molecular weight is 711 g/mol. The highest BCUT2D eigenvalue weighted by Crippen LogP contribution is 2.41. The average Bonchev–Trinajstić information content (AvgIpc) is 3.07. The van der Waals surface area contributed by atoms with Crippen molar-refractivity contribution in [1.82, 2.24) is 15.0 Å². The van der Waals surface area contributed by atoms with E-state index in [9.17, 15) is 8.42 Å². The normalized spacial score (nSPS) is 19.4. The molecule has 1 aliphatic heterocycles. The number of aromatic nitrogens is 3. The van der Waals surface area contributed by atoms with Crippen molar-refractivity contribution in [3.63, 3.8) is 0 Å². The largest absolute Gasteiger partial charge is 0.489 e. The van der Waals surface area contributed by atoms with Gasteiger partial charge in [0.1, 0.15) is 5.75 Å². The van der Waals surface area contributed by atoms with E-state index in [2.05, 4.69) is 50.6 Å². The molecule has 4 aromatic rings. The molecule has 6 rings (SSSR count). The number of benzene rings is 2. The molecule has 1 N–H and O–H groups in total. The van der Waals surface area contributed by atoms with Crippen LogP contribution in [0.15, 0.2) is 65.7 Å². The van der Waals surface area contributed by atoms with Gasteiger partial charge >= 0.3 is 0 Å². The number of rotatable bonds is 8. The quantitative estimate of drug-likeness (QED) is 0.194. The Morgan fingerprint density at radius 1 is 0.961 bits per heavy atom. The van der Waals surface area contributed by atoms with E-state index in [4.69, 9.17) is 24.4 Å². The molecule has 0 radical (unpaired) electrons. The highest BCUT2D eigenvalue weighted by Gasteiger charge is 2.32. The van der Waals surface area contributed by atoms with Crippen molar-refractivity contribution in [3.05, 3.63) is 88.7 Å². The van der Waals surface area contributed by atoms with Crippen LogP contribution in [0, 0.1) is 31.1 Å². The van der Waals surface area contributed by atoms with Crippen molar-refractivity contribution < 1.29 is 17.9 Å². The maximum atomic E-state index is 14.1. The molecule has 8 nitrogen and oxygen atoms in total. The number of hydrogen-bond acceptors (Lipinski definition) is 7. The number of ether oxygens (including phenoxy) is 2. The molecule has 0 amide bonds. The molecule has 3 heterocycles. The van der Waals surface area contributed by atoms with Crippen molar-refractivity contribution in [2.75, 3.05) is 11.3 Å². The minimum absolute atomic E-state index is 0.0141. The minimum atomic E-state index is -4.03. The summed E-state index contributed by atoms with van der Waals surface area (Å²) in [6.45, 7) is 15.2. The Kier molecular flexibility index (Phi) is 11.1. The minimum Gasteiger partial charge on any atom is -0.489 e. The van der Waals surface area contributed by atoms with E-state index in [1.54, 1.807) is 18.3 Å². The summed E-state index contributed by atoms with van der Waals surface area (Å²) >= 11 is 0. The van der Waals surface area contributed by atoms with Gasteiger partial charge in [-0.25, -0.2) is 18.1 Å². The van der Waals surface area contributed by atoms with Crippen LogP contribution in [-0.4, -0.2) is 36.1 Å². The van der Waals surface area contributed by atoms with Gasteiger partial charge in [-0.2, -0.15) is 4.98 Å². The van der Waals surface area contributed by atoms with Crippen molar-refractivity contribution in [2.24, 2.45) is 17.3 Å². The fraction of sp³-hybridized carbons (Fsp3) is 0.500. The van der Waals surface area contributed by atoms with E-state index >= 15 is 0 Å². The van der Waals surface area contributed by atoms with E-state index < -0.39 is 10.0 Å². The first-order valence-corrected chi connectivity index (χ1v) is 20.1. The Bertz CT molecular complexity index is 1930. The first-order chi connectivity index (χ1) is 24.3. The van der Waals surface area contributed by atoms with Crippen LogP contribution in [0.2, 0.25) is 0 Å². The Labute approximate surface area is 304 Å². The highest BCUT2D eigenvalue weighted by molar-refractivity contribution is 7.92. The molecule has 1 unspecified atom stereocenters. The Morgan fingerprint density at radius 3 is 2.43 bits per heavy atom. The lowest BCUT2D eigenvalue weighted by Gasteiger charge is -2.33. The van der Waals surface area contributed by atoms with Crippen LogP contribution in [0.4, 0.5) is 5.95 Å². The first-order valence-electron chi connectivity index (χ1n) is 18.6. The monoisotopic (exact) mass is 710 g/mol. The number of sulfonamides is 1. The summed E-state index contributed by atoms with van der Waals surface area (Å²) in [6, 6.07) is 17.7. The zero-order valence-electron chi connectivity index (χ0n) is 31.3. The van der Waals surface area contributed by atoms with Crippen LogP contribution in [0.3, 0.4) is 0 Å². The van der Waals surface area contributed by atoms with Crippen molar-refractivity contribution in [2.45, 2.75) is 117 Å².